The first kappa shape index (κ1) is 17.5. The molecule has 0 saturated carbocycles. The van der Waals surface area contributed by atoms with Crippen LogP contribution in [0.4, 0.5) is 14.5 Å². The second kappa shape index (κ2) is 7.03. The summed E-state index contributed by atoms with van der Waals surface area (Å²) in [6.07, 6.45) is 4.20. The molecule has 0 spiro atoms. The van der Waals surface area contributed by atoms with Crippen LogP contribution in [0.25, 0.3) is 22.0 Å². The summed E-state index contributed by atoms with van der Waals surface area (Å²) in [5, 5.41) is 15.1. The summed E-state index contributed by atoms with van der Waals surface area (Å²) in [7, 11) is 0. The largest absolute Gasteiger partial charge is 0.457 e. The number of non-ortho nitro benzene ring substituents is 1. The lowest BCUT2D eigenvalue weighted by molar-refractivity contribution is -0.384. The van der Waals surface area contributed by atoms with Crippen molar-refractivity contribution in [1.82, 2.24) is 14.8 Å². The highest BCUT2D eigenvalue weighted by atomic mass is 19.3. The minimum Gasteiger partial charge on any atom is -0.457 e. The molecule has 28 heavy (non-hydrogen) atoms. The Bertz CT molecular complexity index is 1160. The Labute approximate surface area is 157 Å². The number of fused-ring (bicyclic) bond motifs is 1. The summed E-state index contributed by atoms with van der Waals surface area (Å²) in [6.45, 7) is -2.70. The number of ether oxygens (including phenoxy) is 1. The highest BCUT2D eigenvalue weighted by Gasteiger charge is 2.11. The standard InChI is InChI=1S/C19H12F2N4O3/c20-19(21)24-11-13(10-23-24)12-1-6-16-17(9-12)22-8-7-18(16)28-15-4-2-14(3-5-15)25(26)27/h1-11,19H. The molecule has 0 amide bonds. The first-order valence-corrected chi connectivity index (χ1v) is 8.15. The van der Waals surface area contributed by atoms with Gasteiger partial charge in [0.05, 0.1) is 16.6 Å². The van der Waals surface area contributed by atoms with Gasteiger partial charge in [0.25, 0.3) is 5.69 Å². The minimum absolute atomic E-state index is 0.0269. The molecule has 0 bridgehead atoms. The van der Waals surface area contributed by atoms with E-state index in [1.54, 1.807) is 30.5 Å². The van der Waals surface area contributed by atoms with Crippen LogP contribution in [0.5, 0.6) is 11.5 Å². The molecule has 0 unspecified atom stereocenters. The molecule has 0 radical (unpaired) electrons. The molecule has 0 N–H and O–H groups in total. The second-order valence-electron chi connectivity index (χ2n) is 5.88. The van der Waals surface area contributed by atoms with E-state index in [0.717, 1.165) is 0 Å². The lowest BCUT2D eigenvalue weighted by Crippen LogP contribution is -1.96. The molecule has 4 rings (SSSR count). The molecular weight excluding hydrogens is 370 g/mol. The predicted octanol–water partition coefficient (Wildman–Crippen LogP) is 5.19. The van der Waals surface area contributed by atoms with E-state index in [0.29, 0.717) is 38.2 Å². The van der Waals surface area contributed by atoms with Crippen molar-refractivity contribution in [2.45, 2.75) is 6.55 Å². The third-order valence-electron chi connectivity index (χ3n) is 4.11. The average Bonchev–Trinajstić information content (AvgIpc) is 3.19. The highest BCUT2D eigenvalue weighted by molar-refractivity contribution is 5.88. The molecule has 7 nitrogen and oxygen atoms in total. The van der Waals surface area contributed by atoms with Gasteiger partial charge < -0.3 is 4.74 Å². The molecular formula is C19H12F2N4O3. The van der Waals surface area contributed by atoms with Crippen molar-refractivity contribution >= 4 is 16.6 Å². The van der Waals surface area contributed by atoms with Gasteiger partial charge in [-0.05, 0) is 35.9 Å². The number of pyridine rings is 1. The number of benzene rings is 2. The third kappa shape index (κ3) is 3.37. The predicted molar refractivity (Wildman–Crippen MR) is 97.4 cm³/mol. The van der Waals surface area contributed by atoms with E-state index < -0.39 is 11.5 Å². The Morgan fingerprint density at radius 1 is 1.07 bits per heavy atom. The fourth-order valence-electron chi connectivity index (χ4n) is 2.75. The molecule has 0 aliphatic rings. The van der Waals surface area contributed by atoms with Crippen LogP contribution in [0.15, 0.2) is 67.1 Å². The van der Waals surface area contributed by atoms with Crippen LogP contribution in [-0.4, -0.2) is 19.7 Å². The van der Waals surface area contributed by atoms with Gasteiger partial charge in [-0.2, -0.15) is 13.9 Å². The zero-order valence-electron chi connectivity index (χ0n) is 14.2. The Balaban J connectivity index is 1.66. The van der Waals surface area contributed by atoms with E-state index in [4.69, 9.17) is 4.74 Å². The number of halogens is 2. The van der Waals surface area contributed by atoms with Gasteiger partial charge in [-0.25, -0.2) is 4.68 Å². The van der Waals surface area contributed by atoms with E-state index in [1.165, 1.54) is 36.7 Å². The maximum absolute atomic E-state index is 12.7. The molecule has 140 valence electrons. The van der Waals surface area contributed by atoms with E-state index in [9.17, 15) is 18.9 Å². The topological polar surface area (TPSA) is 83.1 Å². The maximum atomic E-state index is 12.7. The number of aromatic nitrogens is 3. The minimum atomic E-state index is -2.70. The summed E-state index contributed by atoms with van der Waals surface area (Å²) < 4.78 is 31.8. The zero-order chi connectivity index (χ0) is 19.7. The van der Waals surface area contributed by atoms with Gasteiger partial charge in [0, 0.05) is 35.5 Å². The number of hydrogen-bond acceptors (Lipinski definition) is 5. The normalized spacial score (nSPS) is 11.1. The van der Waals surface area contributed by atoms with Gasteiger partial charge >= 0.3 is 6.55 Å². The van der Waals surface area contributed by atoms with Crippen molar-refractivity contribution in [2.75, 3.05) is 0 Å². The number of nitro groups is 1. The molecule has 0 aliphatic heterocycles. The van der Waals surface area contributed by atoms with E-state index in [2.05, 4.69) is 10.1 Å². The second-order valence-corrected chi connectivity index (χ2v) is 5.88. The van der Waals surface area contributed by atoms with E-state index >= 15 is 0 Å². The van der Waals surface area contributed by atoms with E-state index in [1.807, 2.05) is 0 Å². The first-order chi connectivity index (χ1) is 13.5. The van der Waals surface area contributed by atoms with Crippen LogP contribution in [0, 0.1) is 10.1 Å². The Hall–Kier alpha value is -3.88. The number of hydrogen-bond donors (Lipinski definition) is 0. The lowest BCUT2D eigenvalue weighted by atomic mass is 10.1. The fraction of sp³-hybridized carbons (Fsp3) is 0.0526. The van der Waals surface area contributed by atoms with Crippen LogP contribution in [0.3, 0.4) is 0 Å². The summed E-state index contributed by atoms with van der Waals surface area (Å²) in [4.78, 5) is 14.6. The van der Waals surface area contributed by atoms with E-state index in [-0.39, 0.29) is 5.69 Å². The summed E-state index contributed by atoms with van der Waals surface area (Å²) in [6, 6.07) is 12.7. The molecule has 0 saturated heterocycles. The number of alkyl halides is 2. The maximum Gasteiger partial charge on any atom is 0.333 e. The van der Waals surface area contributed by atoms with Gasteiger partial charge in [0.1, 0.15) is 11.5 Å². The smallest absolute Gasteiger partial charge is 0.333 e. The molecule has 2 aromatic heterocycles. The van der Waals surface area contributed by atoms with Crippen molar-refractivity contribution < 1.29 is 18.4 Å². The third-order valence-corrected chi connectivity index (χ3v) is 4.11. The van der Waals surface area contributed by atoms with Crippen LogP contribution < -0.4 is 4.74 Å². The van der Waals surface area contributed by atoms with Gasteiger partial charge in [0.2, 0.25) is 0 Å². The van der Waals surface area contributed by atoms with Crippen molar-refractivity contribution in [2.24, 2.45) is 0 Å². The fourth-order valence-corrected chi connectivity index (χ4v) is 2.75. The summed E-state index contributed by atoms with van der Waals surface area (Å²) in [5.41, 5.74) is 1.83. The number of rotatable bonds is 5. The monoisotopic (exact) mass is 382 g/mol. The highest BCUT2D eigenvalue weighted by Crippen LogP contribution is 2.32. The molecule has 0 aliphatic carbocycles. The number of nitrogens with zero attached hydrogens (tertiary/aromatic N) is 4. The first-order valence-electron chi connectivity index (χ1n) is 8.15. The summed E-state index contributed by atoms with van der Waals surface area (Å²) >= 11 is 0. The number of nitro benzene ring substituents is 1. The molecule has 0 atom stereocenters. The zero-order valence-corrected chi connectivity index (χ0v) is 14.2. The quantitative estimate of drug-likeness (QED) is 0.350. The van der Waals surface area contributed by atoms with Crippen LogP contribution >= 0.6 is 0 Å². The molecule has 2 heterocycles. The molecule has 9 heteroatoms. The van der Waals surface area contributed by atoms with Gasteiger partial charge in [-0.3, -0.25) is 15.1 Å². The van der Waals surface area contributed by atoms with Crippen molar-refractivity contribution in [3.8, 4) is 22.6 Å². The summed E-state index contributed by atoms with van der Waals surface area (Å²) in [5.74, 6) is 0.967. The van der Waals surface area contributed by atoms with Gasteiger partial charge in [-0.1, -0.05) is 6.07 Å². The van der Waals surface area contributed by atoms with Gasteiger partial charge in [0.15, 0.2) is 0 Å². The SMILES string of the molecule is O=[N+]([O-])c1ccc(Oc2ccnc3cc(-c4cnn(C(F)F)c4)ccc23)cc1. The Morgan fingerprint density at radius 2 is 1.86 bits per heavy atom. The molecule has 4 aromatic rings. The Kier molecular flexibility index (Phi) is 4.40. The molecule has 0 fully saturated rings. The van der Waals surface area contributed by atoms with Gasteiger partial charge in [-0.15, -0.1) is 0 Å². The molecule has 2 aromatic carbocycles. The van der Waals surface area contributed by atoms with Crippen molar-refractivity contribution in [3.05, 3.63) is 77.2 Å². The van der Waals surface area contributed by atoms with Crippen LogP contribution in [0.2, 0.25) is 0 Å². The van der Waals surface area contributed by atoms with Crippen molar-refractivity contribution in [3.63, 3.8) is 0 Å². The lowest BCUT2D eigenvalue weighted by Gasteiger charge is -2.09. The van der Waals surface area contributed by atoms with Crippen LogP contribution in [0.1, 0.15) is 6.55 Å². The van der Waals surface area contributed by atoms with Crippen molar-refractivity contribution in [1.29, 1.82) is 0 Å². The Morgan fingerprint density at radius 3 is 2.54 bits per heavy atom. The average molecular weight is 382 g/mol. The van der Waals surface area contributed by atoms with Crippen LogP contribution in [-0.2, 0) is 0 Å².